The molecule has 0 saturated carbocycles. The normalized spacial score (nSPS) is 19.3. The SMILES string of the molecule is COc1ccc(C(=O)N2CCCCC2CCBr)cc1. The second-order valence-electron chi connectivity index (χ2n) is 4.85. The van der Waals surface area contributed by atoms with Gasteiger partial charge < -0.3 is 9.64 Å². The molecule has 1 aromatic carbocycles. The average Bonchev–Trinajstić information content (AvgIpc) is 2.47. The van der Waals surface area contributed by atoms with Gasteiger partial charge in [0.15, 0.2) is 0 Å². The second kappa shape index (κ2) is 6.94. The van der Waals surface area contributed by atoms with Crippen molar-refractivity contribution in [3.8, 4) is 5.75 Å². The van der Waals surface area contributed by atoms with E-state index in [-0.39, 0.29) is 5.91 Å². The first-order valence-electron chi connectivity index (χ1n) is 6.77. The Morgan fingerprint density at radius 3 is 2.74 bits per heavy atom. The summed E-state index contributed by atoms with van der Waals surface area (Å²) < 4.78 is 5.12. The van der Waals surface area contributed by atoms with Crippen molar-refractivity contribution >= 4 is 21.8 Å². The van der Waals surface area contributed by atoms with E-state index >= 15 is 0 Å². The van der Waals surface area contributed by atoms with Gasteiger partial charge in [-0.3, -0.25) is 4.79 Å². The van der Waals surface area contributed by atoms with E-state index in [1.165, 1.54) is 6.42 Å². The lowest BCUT2D eigenvalue weighted by atomic mass is 9.99. The molecule has 0 aliphatic carbocycles. The topological polar surface area (TPSA) is 29.5 Å². The highest BCUT2D eigenvalue weighted by Gasteiger charge is 2.26. The molecule has 1 amide bonds. The average molecular weight is 326 g/mol. The summed E-state index contributed by atoms with van der Waals surface area (Å²) in [6.45, 7) is 0.878. The highest BCUT2D eigenvalue weighted by molar-refractivity contribution is 9.09. The molecule has 3 nitrogen and oxygen atoms in total. The van der Waals surface area contributed by atoms with Crippen molar-refractivity contribution in [2.24, 2.45) is 0 Å². The number of amides is 1. The minimum Gasteiger partial charge on any atom is -0.497 e. The third-order valence-corrected chi connectivity index (χ3v) is 4.13. The van der Waals surface area contributed by atoms with Crippen LogP contribution in [-0.4, -0.2) is 35.8 Å². The van der Waals surface area contributed by atoms with Crippen LogP contribution in [0, 0.1) is 0 Å². The lowest BCUT2D eigenvalue weighted by Crippen LogP contribution is -2.43. The van der Waals surface area contributed by atoms with Crippen molar-refractivity contribution in [3.63, 3.8) is 0 Å². The minimum atomic E-state index is 0.147. The van der Waals surface area contributed by atoms with E-state index in [0.717, 1.165) is 42.5 Å². The largest absolute Gasteiger partial charge is 0.497 e. The van der Waals surface area contributed by atoms with E-state index in [1.807, 2.05) is 29.2 Å². The molecule has 0 N–H and O–H groups in total. The summed E-state index contributed by atoms with van der Waals surface area (Å²) in [7, 11) is 1.63. The van der Waals surface area contributed by atoms with Crippen LogP contribution in [0.15, 0.2) is 24.3 Å². The first-order valence-corrected chi connectivity index (χ1v) is 7.89. The van der Waals surface area contributed by atoms with Gasteiger partial charge in [0.2, 0.25) is 0 Å². The van der Waals surface area contributed by atoms with Gasteiger partial charge >= 0.3 is 0 Å². The van der Waals surface area contributed by atoms with Gasteiger partial charge in [0, 0.05) is 23.5 Å². The predicted molar refractivity (Wildman–Crippen MR) is 80.1 cm³/mol. The number of nitrogens with zero attached hydrogens (tertiary/aromatic N) is 1. The van der Waals surface area contributed by atoms with Gasteiger partial charge in [-0.25, -0.2) is 0 Å². The van der Waals surface area contributed by atoms with Crippen LogP contribution in [0.1, 0.15) is 36.0 Å². The quantitative estimate of drug-likeness (QED) is 0.793. The van der Waals surface area contributed by atoms with Crippen molar-refractivity contribution < 1.29 is 9.53 Å². The molecular formula is C15H20BrNO2. The van der Waals surface area contributed by atoms with Crippen LogP contribution in [0.25, 0.3) is 0 Å². The number of hydrogen-bond donors (Lipinski definition) is 0. The highest BCUT2D eigenvalue weighted by atomic mass is 79.9. The van der Waals surface area contributed by atoms with Gasteiger partial charge in [-0.1, -0.05) is 15.9 Å². The monoisotopic (exact) mass is 325 g/mol. The Morgan fingerprint density at radius 1 is 1.37 bits per heavy atom. The summed E-state index contributed by atoms with van der Waals surface area (Å²) in [4.78, 5) is 14.6. The maximum atomic E-state index is 12.6. The fourth-order valence-corrected chi connectivity index (χ4v) is 3.12. The van der Waals surface area contributed by atoms with E-state index in [2.05, 4.69) is 15.9 Å². The van der Waals surface area contributed by atoms with Crippen molar-refractivity contribution in [2.45, 2.75) is 31.7 Å². The molecule has 1 saturated heterocycles. The van der Waals surface area contributed by atoms with Gasteiger partial charge in [-0.05, 0) is 49.9 Å². The number of alkyl halides is 1. The van der Waals surface area contributed by atoms with Crippen molar-refractivity contribution in [2.75, 3.05) is 19.0 Å². The number of carbonyl (C=O) groups is 1. The standard InChI is InChI=1S/C15H20BrNO2/c1-19-14-7-5-12(6-8-14)15(18)17-11-3-2-4-13(17)9-10-16/h5-8,13H,2-4,9-11H2,1H3. The molecule has 1 heterocycles. The molecule has 2 rings (SSSR count). The molecule has 0 aromatic heterocycles. The molecule has 19 heavy (non-hydrogen) atoms. The van der Waals surface area contributed by atoms with Gasteiger partial charge in [-0.2, -0.15) is 0 Å². The summed E-state index contributed by atoms with van der Waals surface area (Å²) in [5, 5.41) is 0.948. The van der Waals surface area contributed by atoms with E-state index in [1.54, 1.807) is 7.11 Å². The van der Waals surface area contributed by atoms with Crippen LogP contribution in [0.2, 0.25) is 0 Å². The van der Waals surface area contributed by atoms with Crippen molar-refractivity contribution in [3.05, 3.63) is 29.8 Å². The number of methoxy groups -OCH3 is 1. The second-order valence-corrected chi connectivity index (χ2v) is 5.65. The van der Waals surface area contributed by atoms with Crippen LogP contribution in [-0.2, 0) is 0 Å². The zero-order valence-electron chi connectivity index (χ0n) is 11.3. The number of rotatable bonds is 4. The summed E-state index contributed by atoms with van der Waals surface area (Å²) in [6.07, 6.45) is 4.49. The van der Waals surface area contributed by atoms with Crippen LogP contribution < -0.4 is 4.74 Å². The summed E-state index contributed by atoms with van der Waals surface area (Å²) >= 11 is 3.48. The maximum absolute atomic E-state index is 12.6. The molecule has 0 bridgehead atoms. The Bertz CT molecular complexity index is 417. The van der Waals surface area contributed by atoms with Crippen LogP contribution in [0.5, 0.6) is 5.75 Å². The first kappa shape index (κ1) is 14.4. The smallest absolute Gasteiger partial charge is 0.254 e. The Hall–Kier alpha value is -1.03. The summed E-state index contributed by atoms with van der Waals surface area (Å²) in [6, 6.07) is 7.76. The number of carbonyl (C=O) groups excluding carboxylic acids is 1. The third kappa shape index (κ3) is 3.50. The molecule has 104 valence electrons. The molecule has 1 aliphatic rings. The molecule has 1 unspecified atom stereocenters. The molecule has 1 fully saturated rings. The molecule has 0 spiro atoms. The lowest BCUT2D eigenvalue weighted by molar-refractivity contribution is 0.0610. The first-order chi connectivity index (χ1) is 9.26. The van der Waals surface area contributed by atoms with Crippen LogP contribution >= 0.6 is 15.9 Å². The van der Waals surface area contributed by atoms with Crippen molar-refractivity contribution in [1.82, 2.24) is 4.90 Å². The number of benzene rings is 1. The van der Waals surface area contributed by atoms with E-state index in [4.69, 9.17) is 4.74 Å². The Balaban J connectivity index is 2.11. The fourth-order valence-electron chi connectivity index (χ4n) is 2.59. The van der Waals surface area contributed by atoms with E-state index < -0.39 is 0 Å². The van der Waals surface area contributed by atoms with E-state index in [9.17, 15) is 4.79 Å². The van der Waals surface area contributed by atoms with E-state index in [0.29, 0.717) is 6.04 Å². The molecule has 0 radical (unpaired) electrons. The number of piperidine rings is 1. The number of hydrogen-bond acceptors (Lipinski definition) is 2. The predicted octanol–water partition coefficient (Wildman–Crippen LogP) is 3.47. The number of ether oxygens (including phenoxy) is 1. The number of likely N-dealkylation sites (tertiary alicyclic amines) is 1. The Morgan fingerprint density at radius 2 is 2.11 bits per heavy atom. The fraction of sp³-hybridized carbons (Fsp3) is 0.533. The van der Waals surface area contributed by atoms with Gasteiger partial charge in [0.25, 0.3) is 5.91 Å². The molecular weight excluding hydrogens is 306 g/mol. The van der Waals surface area contributed by atoms with Gasteiger partial charge in [0.05, 0.1) is 7.11 Å². The summed E-state index contributed by atoms with van der Waals surface area (Å²) in [5.41, 5.74) is 0.752. The third-order valence-electron chi connectivity index (χ3n) is 3.67. The lowest BCUT2D eigenvalue weighted by Gasteiger charge is -2.35. The Kier molecular flexibility index (Phi) is 5.25. The van der Waals surface area contributed by atoms with Crippen molar-refractivity contribution in [1.29, 1.82) is 0 Å². The Labute approximate surface area is 123 Å². The summed E-state index contributed by atoms with van der Waals surface area (Å²) in [5.74, 6) is 0.931. The molecule has 1 atom stereocenters. The number of halogens is 1. The minimum absolute atomic E-state index is 0.147. The molecule has 1 aromatic rings. The van der Waals surface area contributed by atoms with Crippen LogP contribution in [0.4, 0.5) is 0 Å². The molecule has 1 aliphatic heterocycles. The van der Waals surface area contributed by atoms with Gasteiger partial charge in [-0.15, -0.1) is 0 Å². The zero-order valence-corrected chi connectivity index (χ0v) is 12.9. The van der Waals surface area contributed by atoms with Crippen LogP contribution in [0.3, 0.4) is 0 Å². The molecule has 4 heteroatoms. The van der Waals surface area contributed by atoms with Gasteiger partial charge in [0.1, 0.15) is 5.75 Å². The highest BCUT2D eigenvalue weighted by Crippen LogP contribution is 2.23. The maximum Gasteiger partial charge on any atom is 0.254 e. The zero-order chi connectivity index (χ0) is 13.7.